The summed E-state index contributed by atoms with van der Waals surface area (Å²) < 4.78 is 10.8. The molecular weight excluding hydrogens is 238 g/mol. The molecule has 0 aliphatic heterocycles. The quantitative estimate of drug-likeness (QED) is 0.847. The normalized spacial score (nSPS) is 11.9. The summed E-state index contributed by atoms with van der Waals surface area (Å²) in [5.41, 5.74) is 5.36. The molecule has 6 heteroatoms. The average molecular weight is 253 g/mol. The van der Waals surface area contributed by atoms with Gasteiger partial charge < -0.3 is 14.6 Å². The zero-order valence-corrected chi connectivity index (χ0v) is 10.9. The van der Waals surface area contributed by atoms with Crippen molar-refractivity contribution < 1.29 is 8.83 Å². The average Bonchev–Trinajstić information content (AvgIpc) is 2.82. The Balaban J connectivity index is 1.98. The molecule has 0 aliphatic carbocycles. The van der Waals surface area contributed by atoms with Gasteiger partial charge in [-0.3, -0.25) is 0 Å². The summed E-state index contributed by atoms with van der Waals surface area (Å²) in [6.45, 7) is 6.25. The Kier molecular flexibility index (Phi) is 3.15. The molecule has 0 fully saturated rings. The van der Waals surface area contributed by atoms with Crippen molar-refractivity contribution in [3.63, 3.8) is 0 Å². The molecule has 0 atom stereocenters. The third kappa shape index (κ3) is 3.03. The number of anilines is 1. The van der Waals surface area contributed by atoms with E-state index < -0.39 is 0 Å². The molecule has 2 aromatic rings. The molecule has 0 radical (unpaired) electrons. The van der Waals surface area contributed by atoms with E-state index in [1.54, 1.807) is 12.4 Å². The fourth-order valence-corrected chi connectivity index (χ4v) is 1.87. The maximum absolute atomic E-state index is 5.65. The van der Waals surface area contributed by atoms with Gasteiger partial charge in [-0.05, 0) is 0 Å². The molecule has 2 rings (SSSR count). The van der Waals surface area contributed by atoms with Gasteiger partial charge in [-0.15, -0.1) is 0 Å². The number of aromatic nitrogens is 2. The molecular formula is C11H15N3O2S. The molecule has 0 unspecified atom stereocenters. The Morgan fingerprint density at radius 2 is 2.00 bits per heavy atom. The van der Waals surface area contributed by atoms with Gasteiger partial charge in [-0.25, -0.2) is 9.97 Å². The van der Waals surface area contributed by atoms with E-state index in [-0.39, 0.29) is 11.4 Å². The van der Waals surface area contributed by atoms with Crippen LogP contribution < -0.4 is 5.73 Å². The van der Waals surface area contributed by atoms with Crippen LogP contribution in [0.2, 0.25) is 0 Å². The van der Waals surface area contributed by atoms with Crippen molar-refractivity contribution in [2.45, 2.75) is 37.0 Å². The molecule has 2 aromatic heterocycles. The van der Waals surface area contributed by atoms with Crippen LogP contribution in [0.15, 0.2) is 26.3 Å². The highest BCUT2D eigenvalue weighted by Crippen LogP contribution is 2.27. The standard InChI is InChI=1S/C11H15N3O2S/c1-11(2,3)7-4-13-8(15-7)6-17-9-5-14-10(12)16-9/h4-5H,6H2,1-3H3,(H2,12,14). The summed E-state index contributed by atoms with van der Waals surface area (Å²) >= 11 is 1.45. The number of nitrogens with zero attached hydrogens (tertiary/aromatic N) is 2. The summed E-state index contributed by atoms with van der Waals surface area (Å²) in [7, 11) is 0. The summed E-state index contributed by atoms with van der Waals surface area (Å²) in [4.78, 5) is 8.04. The molecule has 0 aromatic carbocycles. The number of hydrogen-bond donors (Lipinski definition) is 1. The number of nitrogen functional groups attached to an aromatic ring is 1. The van der Waals surface area contributed by atoms with E-state index in [2.05, 4.69) is 30.7 Å². The highest BCUT2D eigenvalue weighted by atomic mass is 32.2. The van der Waals surface area contributed by atoms with Crippen LogP contribution in [-0.2, 0) is 11.2 Å². The molecule has 5 nitrogen and oxygen atoms in total. The van der Waals surface area contributed by atoms with Gasteiger partial charge in [0.1, 0.15) is 5.76 Å². The van der Waals surface area contributed by atoms with Crippen LogP contribution in [0.5, 0.6) is 0 Å². The third-order valence-electron chi connectivity index (χ3n) is 2.13. The van der Waals surface area contributed by atoms with Crippen LogP contribution in [0, 0.1) is 0 Å². The van der Waals surface area contributed by atoms with Crippen molar-refractivity contribution in [3.8, 4) is 0 Å². The maximum atomic E-state index is 5.65. The van der Waals surface area contributed by atoms with Gasteiger partial charge in [0.2, 0.25) is 5.89 Å². The summed E-state index contributed by atoms with van der Waals surface area (Å²) in [6.07, 6.45) is 3.36. The molecule has 0 saturated heterocycles. The van der Waals surface area contributed by atoms with Gasteiger partial charge in [0.25, 0.3) is 6.01 Å². The highest BCUT2D eigenvalue weighted by Gasteiger charge is 2.19. The number of hydrogen-bond acceptors (Lipinski definition) is 6. The number of nitrogens with two attached hydrogens (primary N) is 1. The Morgan fingerprint density at radius 3 is 2.53 bits per heavy atom. The number of oxazole rings is 2. The minimum atomic E-state index is -0.0212. The van der Waals surface area contributed by atoms with E-state index in [0.29, 0.717) is 16.7 Å². The zero-order chi connectivity index (χ0) is 12.5. The summed E-state index contributed by atoms with van der Waals surface area (Å²) in [5.74, 6) is 2.16. The fourth-order valence-electron chi connectivity index (χ4n) is 1.20. The predicted molar refractivity (Wildman–Crippen MR) is 65.7 cm³/mol. The first-order chi connectivity index (χ1) is 7.95. The molecule has 2 heterocycles. The molecule has 0 spiro atoms. The van der Waals surface area contributed by atoms with Crippen LogP contribution in [-0.4, -0.2) is 9.97 Å². The van der Waals surface area contributed by atoms with E-state index in [4.69, 9.17) is 14.6 Å². The minimum absolute atomic E-state index is 0.0212. The van der Waals surface area contributed by atoms with E-state index in [9.17, 15) is 0 Å². The van der Waals surface area contributed by atoms with Crippen LogP contribution in [0.25, 0.3) is 0 Å². The van der Waals surface area contributed by atoms with Crippen molar-refractivity contribution in [2.24, 2.45) is 0 Å². The lowest BCUT2D eigenvalue weighted by Crippen LogP contribution is -2.09. The van der Waals surface area contributed by atoms with Gasteiger partial charge >= 0.3 is 0 Å². The van der Waals surface area contributed by atoms with Gasteiger partial charge in [0.15, 0.2) is 5.09 Å². The second-order valence-electron chi connectivity index (χ2n) is 4.67. The van der Waals surface area contributed by atoms with Crippen molar-refractivity contribution >= 4 is 17.8 Å². The van der Waals surface area contributed by atoms with Crippen molar-refractivity contribution in [2.75, 3.05) is 5.73 Å². The lowest BCUT2D eigenvalue weighted by atomic mass is 9.94. The SMILES string of the molecule is CC(C)(C)c1cnc(CSc2cnc(N)o2)o1. The van der Waals surface area contributed by atoms with Crippen LogP contribution >= 0.6 is 11.8 Å². The molecule has 0 aliphatic rings. The lowest BCUT2D eigenvalue weighted by Gasteiger charge is -2.12. The second-order valence-corrected chi connectivity index (χ2v) is 5.65. The Hall–Kier alpha value is -1.43. The largest absolute Gasteiger partial charge is 0.444 e. The predicted octanol–water partition coefficient (Wildman–Crippen LogP) is 2.83. The molecule has 0 saturated carbocycles. The third-order valence-corrected chi connectivity index (χ3v) is 3.00. The van der Waals surface area contributed by atoms with Crippen molar-refractivity contribution in [3.05, 3.63) is 24.0 Å². The molecule has 92 valence electrons. The first-order valence-corrected chi connectivity index (χ1v) is 6.23. The van der Waals surface area contributed by atoms with E-state index in [0.717, 1.165) is 5.76 Å². The summed E-state index contributed by atoms with van der Waals surface area (Å²) in [5, 5.41) is 0.665. The van der Waals surface area contributed by atoms with Crippen LogP contribution in [0.1, 0.15) is 32.4 Å². The van der Waals surface area contributed by atoms with Crippen molar-refractivity contribution in [1.29, 1.82) is 0 Å². The number of rotatable bonds is 3. The maximum Gasteiger partial charge on any atom is 0.292 e. The van der Waals surface area contributed by atoms with Gasteiger partial charge in [-0.1, -0.05) is 32.5 Å². The second kappa shape index (κ2) is 4.44. The first-order valence-electron chi connectivity index (χ1n) is 5.24. The van der Waals surface area contributed by atoms with Crippen molar-refractivity contribution in [1.82, 2.24) is 9.97 Å². The van der Waals surface area contributed by atoms with Gasteiger partial charge in [0, 0.05) is 5.41 Å². The van der Waals surface area contributed by atoms with Gasteiger partial charge in [-0.2, -0.15) is 0 Å². The topological polar surface area (TPSA) is 78.1 Å². The lowest BCUT2D eigenvalue weighted by molar-refractivity contribution is 0.390. The Bertz CT molecular complexity index is 499. The molecule has 2 N–H and O–H groups in total. The number of thioether (sulfide) groups is 1. The highest BCUT2D eigenvalue weighted by molar-refractivity contribution is 7.98. The molecule has 17 heavy (non-hydrogen) atoms. The summed E-state index contributed by atoms with van der Waals surface area (Å²) in [6, 6.07) is 0.176. The Morgan fingerprint density at radius 1 is 1.24 bits per heavy atom. The van der Waals surface area contributed by atoms with E-state index in [1.807, 2.05) is 0 Å². The molecule has 0 amide bonds. The van der Waals surface area contributed by atoms with Crippen LogP contribution in [0.3, 0.4) is 0 Å². The molecule has 0 bridgehead atoms. The van der Waals surface area contributed by atoms with Gasteiger partial charge in [0.05, 0.1) is 18.1 Å². The Labute approximate surface area is 104 Å². The minimum Gasteiger partial charge on any atom is -0.444 e. The smallest absolute Gasteiger partial charge is 0.292 e. The fraction of sp³-hybridized carbons (Fsp3) is 0.455. The van der Waals surface area contributed by atoms with Crippen LogP contribution in [0.4, 0.5) is 6.01 Å². The zero-order valence-electron chi connectivity index (χ0n) is 10.1. The first kappa shape index (κ1) is 12.0. The monoisotopic (exact) mass is 253 g/mol. The van der Waals surface area contributed by atoms with E-state index >= 15 is 0 Å². The van der Waals surface area contributed by atoms with E-state index in [1.165, 1.54) is 11.8 Å².